The van der Waals surface area contributed by atoms with Gasteiger partial charge in [0.05, 0.1) is 25.3 Å². The highest BCUT2D eigenvalue weighted by atomic mass is 16.5. The summed E-state index contributed by atoms with van der Waals surface area (Å²) in [4.78, 5) is 34.3. The normalized spacial score (nSPS) is 16.6. The lowest BCUT2D eigenvalue weighted by molar-refractivity contribution is -0.137. The fourth-order valence-corrected chi connectivity index (χ4v) is 3.86. The molecule has 2 amide bonds. The average molecular weight is 438 g/mol. The fraction of sp³-hybridized carbons (Fsp3) is 0.391. The summed E-state index contributed by atoms with van der Waals surface area (Å²) in [6.07, 6.45) is 7.55. The maximum absolute atomic E-state index is 12.6. The molecular formula is C23H27N5O4. The second kappa shape index (κ2) is 9.67. The van der Waals surface area contributed by atoms with Crippen molar-refractivity contribution in [2.24, 2.45) is 5.92 Å². The van der Waals surface area contributed by atoms with Crippen molar-refractivity contribution in [2.45, 2.75) is 25.3 Å². The molecule has 0 aromatic carbocycles. The first-order valence-electron chi connectivity index (χ1n) is 10.7. The number of fused-ring (bicyclic) bond motifs is 1. The first-order valence-corrected chi connectivity index (χ1v) is 10.7. The van der Waals surface area contributed by atoms with Crippen LogP contribution in [0.4, 0.5) is 10.6 Å². The number of rotatable bonds is 7. The molecule has 4 rings (SSSR count). The molecule has 0 bridgehead atoms. The van der Waals surface area contributed by atoms with Crippen LogP contribution in [0.25, 0.3) is 6.08 Å². The monoisotopic (exact) mass is 437 g/mol. The molecule has 9 heteroatoms. The van der Waals surface area contributed by atoms with E-state index in [1.54, 1.807) is 17.0 Å². The van der Waals surface area contributed by atoms with Gasteiger partial charge in [0.15, 0.2) is 0 Å². The number of nitrogens with zero attached hydrogens (tertiary/aromatic N) is 3. The summed E-state index contributed by atoms with van der Waals surface area (Å²) in [5.41, 5.74) is 2.77. The van der Waals surface area contributed by atoms with Gasteiger partial charge in [-0.25, -0.2) is 14.8 Å². The minimum absolute atomic E-state index is 0.227. The van der Waals surface area contributed by atoms with Gasteiger partial charge < -0.3 is 25.4 Å². The van der Waals surface area contributed by atoms with E-state index in [4.69, 9.17) is 4.74 Å². The quantitative estimate of drug-likeness (QED) is 0.610. The van der Waals surface area contributed by atoms with E-state index in [2.05, 4.69) is 32.7 Å². The number of ether oxygens (including phenoxy) is 1. The highest BCUT2D eigenvalue weighted by Gasteiger charge is 2.30. The van der Waals surface area contributed by atoms with E-state index in [1.807, 2.05) is 12.1 Å². The van der Waals surface area contributed by atoms with Gasteiger partial charge in [0.25, 0.3) is 0 Å². The van der Waals surface area contributed by atoms with Crippen LogP contribution in [0, 0.1) is 5.92 Å². The zero-order valence-electron chi connectivity index (χ0n) is 18.0. The number of aliphatic carboxylic acids is 1. The minimum Gasteiger partial charge on any atom is -0.481 e. The Morgan fingerprint density at radius 3 is 2.91 bits per heavy atom. The summed E-state index contributed by atoms with van der Waals surface area (Å²) in [6, 6.07) is 6.54. The number of nitrogens with one attached hydrogen (secondary N) is 2. The van der Waals surface area contributed by atoms with Crippen LogP contribution in [0.2, 0.25) is 0 Å². The molecule has 32 heavy (non-hydrogen) atoms. The molecular weight excluding hydrogens is 410 g/mol. The molecule has 2 aromatic rings. The summed E-state index contributed by atoms with van der Waals surface area (Å²) < 4.78 is 5.03. The van der Waals surface area contributed by atoms with Crippen molar-refractivity contribution in [1.82, 2.24) is 20.2 Å². The van der Waals surface area contributed by atoms with Gasteiger partial charge in [0.2, 0.25) is 5.88 Å². The number of aryl methyl sites for hydroxylation is 1. The van der Waals surface area contributed by atoms with Gasteiger partial charge in [-0.1, -0.05) is 18.2 Å². The molecule has 0 radical (unpaired) electrons. The Morgan fingerprint density at radius 1 is 1.34 bits per heavy atom. The third-order valence-electron chi connectivity index (χ3n) is 5.70. The molecule has 3 N–H and O–H groups in total. The van der Waals surface area contributed by atoms with Crippen LogP contribution in [-0.4, -0.2) is 58.7 Å². The number of pyridine rings is 2. The van der Waals surface area contributed by atoms with Crippen molar-refractivity contribution in [3.05, 3.63) is 53.4 Å². The summed E-state index contributed by atoms with van der Waals surface area (Å²) >= 11 is 0. The number of carboxylic acid groups (broad SMARTS) is 1. The van der Waals surface area contributed by atoms with E-state index in [9.17, 15) is 14.7 Å². The second-order valence-corrected chi connectivity index (χ2v) is 8.03. The van der Waals surface area contributed by atoms with E-state index in [1.165, 1.54) is 18.9 Å². The predicted molar refractivity (Wildman–Crippen MR) is 119 cm³/mol. The molecule has 1 saturated heterocycles. The zero-order chi connectivity index (χ0) is 22.5. The summed E-state index contributed by atoms with van der Waals surface area (Å²) in [5.74, 6) is 0.635. The Morgan fingerprint density at radius 2 is 2.19 bits per heavy atom. The summed E-state index contributed by atoms with van der Waals surface area (Å²) in [5, 5.41) is 15.4. The van der Waals surface area contributed by atoms with Crippen LogP contribution >= 0.6 is 0 Å². The van der Waals surface area contributed by atoms with Crippen molar-refractivity contribution in [3.8, 4) is 5.88 Å². The molecule has 2 aromatic heterocycles. The molecule has 1 fully saturated rings. The lowest BCUT2D eigenvalue weighted by Crippen LogP contribution is -2.53. The molecule has 168 valence electrons. The van der Waals surface area contributed by atoms with Crippen molar-refractivity contribution in [1.29, 1.82) is 0 Å². The van der Waals surface area contributed by atoms with Crippen LogP contribution in [0.1, 0.15) is 35.7 Å². The molecule has 2 aliphatic heterocycles. The number of amides is 2. The number of hydrogen-bond donors (Lipinski definition) is 3. The molecule has 9 nitrogen and oxygen atoms in total. The van der Waals surface area contributed by atoms with Crippen LogP contribution in [0.5, 0.6) is 5.88 Å². The van der Waals surface area contributed by atoms with Crippen molar-refractivity contribution in [3.63, 3.8) is 0 Å². The average Bonchev–Trinajstić information content (AvgIpc) is 2.77. The molecule has 0 spiro atoms. The van der Waals surface area contributed by atoms with E-state index in [-0.39, 0.29) is 18.4 Å². The van der Waals surface area contributed by atoms with Crippen LogP contribution in [-0.2, 0) is 11.2 Å². The highest BCUT2D eigenvalue weighted by molar-refractivity contribution is 5.77. The van der Waals surface area contributed by atoms with Crippen molar-refractivity contribution >= 4 is 23.9 Å². The smallest absolute Gasteiger partial charge is 0.317 e. The number of anilines is 1. The van der Waals surface area contributed by atoms with Gasteiger partial charge in [0, 0.05) is 37.8 Å². The number of aromatic nitrogens is 2. The number of carboxylic acids is 1. The van der Waals surface area contributed by atoms with E-state index < -0.39 is 12.0 Å². The van der Waals surface area contributed by atoms with Crippen molar-refractivity contribution in [2.75, 3.05) is 32.1 Å². The van der Waals surface area contributed by atoms with E-state index >= 15 is 0 Å². The fourth-order valence-electron chi connectivity index (χ4n) is 3.86. The third kappa shape index (κ3) is 5.16. The van der Waals surface area contributed by atoms with Gasteiger partial charge >= 0.3 is 12.0 Å². The molecule has 4 heterocycles. The van der Waals surface area contributed by atoms with Crippen LogP contribution in [0.15, 0.2) is 36.5 Å². The maximum atomic E-state index is 12.6. The third-order valence-corrected chi connectivity index (χ3v) is 5.70. The SMILES string of the molecule is COc1ccc([C@H](CC(=O)O)NC(=O)N2CC(/C=C/c3ccc4c(n3)NCCC4)C2)cn1. The Hall–Kier alpha value is -3.62. The number of carbonyl (C=O) groups excluding carboxylic acids is 1. The standard InChI is InChI=1S/C23H27N5O4/c1-32-20-9-6-17(12-25-20)19(11-21(29)30)27-23(31)28-13-15(14-28)4-7-18-8-5-16-3-2-10-24-22(16)26-18/h4-9,12,15,19H,2-3,10-11,13-14H2,1H3,(H,24,26)(H,27,31)(H,29,30)/b7-4+/t19-/m0/s1. The Labute approximate surface area is 186 Å². The minimum atomic E-state index is -0.998. The number of methoxy groups -OCH3 is 1. The Balaban J connectivity index is 1.31. The van der Waals surface area contributed by atoms with Crippen LogP contribution in [0.3, 0.4) is 0 Å². The Bertz CT molecular complexity index is 1000. The lowest BCUT2D eigenvalue weighted by Gasteiger charge is -2.38. The molecule has 0 aliphatic carbocycles. The summed E-state index contributed by atoms with van der Waals surface area (Å²) in [7, 11) is 1.51. The van der Waals surface area contributed by atoms with Crippen molar-refractivity contribution < 1.29 is 19.4 Å². The van der Waals surface area contributed by atoms with Gasteiger partial charge in [-0.3, -0.25) is 4.79 Å². The topological polar surface area (TPSA) is 117 Å². The van der Waals surface area contributed by atoms with E-state index in [0.717, 1.165) is 30.9 Å². The van der Waals surface area contributed by atoms with Crippen LogP contribution < -0.4 is 15.4 Å². The maximum Gasteiger partial charge on any atom is 0.317 e. The lowest BCUT2D eigenvalue weighted by atomic mass is 9.99. The van der Waals surface area contributed by atoms with Gasteiger partial charge in [-0.05, 0) is 36.1 Å². The first-order chi connectivity index (χ1) is 15.5. The van der Waals surface area contributed by atoms with E-state index in [0.29, 0.717) is 24.5 Å². The zero-order valence-corrected chi connectivity index (χ0v) is 18.0. The first kappa shape index (κ1) is 21.6. The molecule has 1 atom stereocenters. The second-order valence-electron chi connectivity index (χ2n) is 8.03. The summed E-state index contributed by atoms with van der Waals surface area (Å²) in [6.45, 7) is 2.10. The number of likely N-dealkylation sites (tertiary alicyclic amines) is 1. The number of carbonyl (C=O) groups is 2. The molecule has 2 aliphatic rings. The molecule has 0 unspecified atom stereocenters. The van der Waals surface area contributed by atoms with Gasteiger partial charge in [-0.15, -0.1) is 0 Å². The Kier molecular flexibility index (Phi) is 6.53. The number of hydrogen-bond acceptors (Lipinski definition) is 6. The van der Waals surface area contributed by atoms with Gasteiger partial charge in [0.1, 0.15) is 5.82 Å². The van der Waals surface area contributed by atoms with Gasteiger partial charge in [-0.2, -0.15) is 0 Å². The largest absolute Gasteiger partial charge is 0.481 e. The number of urea groups is 1. The predicted octanol–water partition coefficient (Wildman–Crippen LogP) is 2.71. The highest BCUT2D eigenvalue weighted by Crippen LogP contribution is 2.23. The molecule has 0 saturated carbocycles.